The van der Waals surface area contributed by atoms with Crippen LogP contribution in [0.1, 0.15) is 11.3 Å². The second-order valence-electron chi connectivity index (χ2n) is 2.57. The minimum atomic E-state index is -0.164. The number of cyclic esters (lactones) is 1. The lowest BCUT2D eigenvalue weighted by Gasteiger charge is -1.88. The van der Waals surface area contributed by atoms with Gasteiger partial charge in [0.1, 0.15) is 0 Å². The van der Waals surface area contributed by atoms with Crippen molar-refractivity contribution >= 4 is 23.4 Å². The zero-order chi connectivity index (χ0) is 8.39. The topological polar surface area (TPSA) is 26.3 Å². The molecule has 1 fully saturated rings. The molecule has 1 aromatic rings. The van der Waals surface area contributed by atoms with Crippen LogP contribution < -0.4 is 0 Å². The van der Waals surface area contributed by atoms with E-state index in [4.69, 9.17) is 4.74 Å². The van der Waals surface area contributed by atoms with Crippen molar-refractivity contribution in [3.63, 3.8) is 0 Å². The molecule has 0 spiro atoms. The molecule has 2 heterocycles. The summed E-state index contributed by atoms with van der Waals surface area (Å²) in [5.41, 5.74) is 0.789. The smallest absolute Gasteiger partial charge is 0.334 e. The van der Waals surface area contributed by atoms with Gasteiger partial charge in [0.05, 0.1) is 6.61 Å². The number of hydrogen-bond acceptors (Lipinski definition) is 3. The van der Waals surface area contributed by atoms with Crippen molar-refractivity contribution in [3.8, 4) is 0 Å². The highest BCUT2D eigenvalue weighted by atomic mass is 32.1. The van der Waals surface area contributed by atoms with E-state index in [9.17, 15) is 4.79 Å². The molecule has 0 bridgehead atoms. The van der Waals surface area contributed by atoms with Gasteiger partial charge in [-0.15, -0.1) is 11.3 Å². The molecular formula is C9H8O2S. The molecule has 3 heteroatoms. The van der Waals surface area contributed by atoms with Crippen molar-refractivity contribution in [3.05, 3.63) is 28.0 Å². The quantitative estimate of drug-likeness (QED) is 0.488. The summed E-state index contributed by atoms with van der Waals surface area (Å²) < 4.78 is 4.81. The third-order valence-electron chi connectivity index (χ3n) is 1.73. The van der Waals surface area contributed by atoms with Crippen LogP contribution in [0, 0.1) is 0 Å². The van der Waals surface area contributed by atoms with Crippen LogP contribution in [0.3, 0.4) is 0 Å². The van der Waals surface area contributed by atoms with Gasteiger partial charge in [-0.3, -0.25) is 0 Å². The summed E-state index contributed by atoms with van der Waals surface area (Å²) in [7, 11) is 0. The molecule has 0 atom stereocenters. The van der Waals surface area contributed by atoms with Crippen LogP contribution in [-0.2, 0) is 9.53 Å². The van der Waals surface area contributed by atoms with E-state index in [1.54, 1.807) is 11.3 Å². The Bertz CT molecular complexity index is 311. The van der Waals surface area contributed by atoms with E-state index in [0.29, 0.717) is 6.61 Å². The highest BCUT2D eigenvalue weighted by Crippen LogP contribution is 2.19. The second-order valence-corrected chi connectivity index (χ2v) is 3.55. The molecule has 12 heavy (non-hydrogen) atoms. The number of carbonyl (C=O) groups is 1. The third kappa shape index (κ3) is 1.41. The molecule has 1 aliphatic rings. The molecule has 0 amide bonds. The lowest BCUT2D eigenvalue weighted by atomic mass is 10.2. The SMILES string of the molecule is O=C1OCC/C1=C/c1cccs1. The average Bonchev–Trinajstić information content (AvgIpc) is 2.65. The molecule has 0 aliphatic carbocycles. The van der Waals surface area contributed by atoms with Gasteiger partial charge in [0.2, 0.25) is 0 Å². The van der Waals surface area contributed by atoms with Gasteiger partial charge >= 0.3 is 5.97 Å². The van der Waals surface area contributed by atoms with Crippen LogP contribution >= 0.6 is 11.3 Å². The van der Waals surface area contributed by atoms with Gasteiger partial charge in [0.25, 0.3) is 0 Å². The summed E-state index contributed by atoms with van der Waals surface area (Å²) >= 11 is 1.63. The van der Waals surface area contributed by atoms with Gasteiger partial charge < -0.3 is 4.74 Å². The molecule has 1 aliphatic heterocycles. The normalized spacial score (nSPS) is 20.0. The Kier molecular flexibility index (Phi) is 1.96. The highest BCUT2D eigenvalue weighted by Gasteiger charge is 2.18. The van der Waals surface area contributed by atoms with Crippen molar-refractivity contribution in [1.29, 1.82) is 0 Å². The Hall–Kier alpha value is -1.09. The number of ether oxygens (including phenoxy) is 1. The van der Waals surface area contributed by atoms with Crippen LogP contribution in [0.15, 0.2) is 23.1 Å². The molecular weight excluding hydrogens is 172 g/mol. The molecule has 0 radical (unpaired) electrons. The predicted octanol–water partition coefficient (Wildman–Crippen LogP) is 2.08. The first-order valence-corrected chi connectivity index (χ1v) is 4.65. The number of carbonyl (C=O) groups excluding carboxylic acids is 1. The fraction of sp³-hybridized carbons (Fsp3) is 0.222. The summed E-state index contributed by atoms with van der Waals surface area (Å²) in [6, 6.07) is 3.96. The van der Waals surface area contributed by atoms with E-state index in [1.807, 2.05) is 23.6 Å². The van der Waals surface area contributed by atoms with E-state index in [-0.39, 0.29) is 5.97 Å². The van der Waals surface area contributed by atoms with Crippen LogP contribution in [0.4, 0.5) is 0 Å². The van der Waals surface area contributed by atoms with Crippen molar-refractivity contribution < 1.29 is 9.53 Å². The van der Waals surface area contributed by atoms with E-state index in [0.717, 1.165) is 16.9 Å². The Labute approximate surface area is 74.5 Å². The molecule has 2 nitrogen and oxygen atoms in total. The predicted molar refractivity (Wildman–Crippen MR) is 47.9 cm³/mol. The summed E-state index contributed by atoms with van der Waals surface area (Å²) in [4.78, 5) is 12.1. The maximum atomic E-state index is 11.0. The minimum absolute atomic E-state index is 0.164. The first-order chi connectivity index (χ1) is 5.86. The Morgan fingerprint density at radius 3 is 3.08 bits per heavy atom. The monoisotopic (exact) mass is 180 g/mol. The molecule has 2 rings (SSSR count). The standard InChI is InChI=1S/C9H8O2S/c10-9-7(3-4-11-9)6-8-2-1-5-12-8/h1-2,5-6H,3-4H2/b7-6-. The molecule has 1 saturated heterocycles. The van der Waals surface area contributed by atoms with Crippen molar-refractivity contribution in [2.75, 3.05) is 6.61 Å². The fourth-order valence-corrected chi connectivity index (χ4v) is 1.81. The zero-order valence-electron chi connectivity index (χ0n) is 6.45. The lowest BCUT2D eigenvalue weighted by molar-refractivity contribution is -0.134. The molecule has 0 unspecified atom stereocenters. The van der Waals surface area contributed by atoms with E-state index >= 15 is 0 Å². The van der Waals surface area contributed by atoms with E-state index in [2.05, 4.69) is 0 Å². The lowest BCUT2D eigenvalue weighted by Crippen LogP contribution is -1.93. The fourth-order valence-electron chi connectivity index (χ4n) is 1.12. The van der Waals surface area contributed by atoms with E-state index < -0.39 is 0 Å². The average molecular weight is 180 g/mol. The zero-order valence-corrected chi connectivity index (χ0v) is 7.26. The maximum absolute atomic E-state index is 11.0. The second kappa shape index (κ2) is 3.11. The molecule has 0 aromatic carbocycles. The summed E-state index contributed by atoms with van der Waals surface area (Å²) in [5, 5.41) is 1.99. The molecule has 1 aromatic heterocycles. The van der Waals surface area contributed by atoms with Gasteiger partial charge in [-0.25, -0.2) is 4.79 Å². The summed E-state index contributed by atoms with van der Waals surface area (Å²) in [6.45, 7) is 0.538. The highest BCUT2D eigenvalue weighted by molar-refractivity contribution is 7.10. The molecule has 62 valence electrons. The first-order valence-electron chi connectivity index (χ1n) is 3.77. The largest absolute Gasteiger partial charge is 0.462 e. The van der Waals surface area contributed by atoms with Crippen LogP contribution in [-0.4, -0.2) is 12.6 Å². The van der Waals surface area contributed by atoms with Crippen LogP contribution in [0.5, 0.6) is 0 Å². The van der Waals surface area contributed by atoms with Gasteiger partial charge in [0, 0.05) is 16.9 Å². The van der Waals surface area contributed by atoms with Crippen molar-refractivity contribution in [2.45, 2.75) is 6.42 Å². The van der Waals surface area contributed by atoms with Gasteiger partial charge in [-0.2, -0.15) is 0 Å². The number of hydrogen-bond donors (Lipinski definition) is 0. The minimum Gasteiger partial charge on any atom is -0.462 e. The number of thiophene rings is 1. The Morgan fingerprint density at radius 2 is 2.50 bits per heavy atom. The van der Waals surface area contributed by atoms with Gasteiger partial charge in [0.15, 0.2) is 0 Å². The van der Waals surface area contributed by atoms with E-state index in [1.165, 1.54) is 0 Å². The molecule has 0 N–H and O–H groups in total. The maximum Gasteiger partial charge on any atom is 0.334 e. The van der Waals surface area contributed by atoms with Gasteiger partial charge in [-0.1, -0.05) is 6.07 Å². The summed E-state index contributed by atoms with van der Waals surface area (Å²) in [5.74, 6) is -0.164. The summed E-state index contributed by atoms with van der Waals surface area (Å²) in [6.07, 6.45) is 2.65. The Balaban J connectivity index is 2.23. The van der Waals surface area contributed by atoms with Crippen LogP contribution in [0.25, 0.3) is 6.08 Å². The van der Waals surface area contributed by atoms with Gasteiger partial charge in [-0.05, 0) is 17.5 Å². The number of rotatable bonds is 1. The third-order valence-corrected chi connectivity index (χ3v) is 2.55. The first kappa shape index (κ1) is 7.55. The van der Waals surface area contributed by atoms with Crippen molar-refractivity contribution in [1.82, 2.24) is 0 Å². The van der Waals surface area contributed by atoms with Crippen molar-refractivity contribution in [2.24, 2.45) is 0 Å². The number of esters is 1. The molecule has 0 saturated carbocycles. The Morgan fingerprint density at radius 1 is 1.58 bits per heavy atom. The van der Waals surface area contributed by atoms with Crippen LogP contribution in [0.2, 0.25) is 0 Å².